The van der Waals surface area contributed by atoms with Gasteiger partial charge in [-0.25, -0.2) is 9.59 Å². The third-order valence-electron chi connectivity index (χ3n) is 5.42. The maximum atomic E-state index is 12.5. The highest BCUT2D eigenvalue weighted by atomic mass is 16.5. The average molecular weight is 427 g/mol. The number of carbonyl (C=O) groups is 3. The van der Waals surface area contributed by atoms with Gasteiger partial charge >= 0.3 is 12.1 Å². The fourth-order valence-electron chi connectivity index (χ4n) is 3.00. The zero-order valence-electron chi connectivity index (χ0n) is 19.7. The number of likely N-dealkylation sites (N-methyl/N-ethyl adjacent to an activating group) is 2. The van der Waals surface area contributed by atoms with Crippen molar-refractivity contribution in [2.45, 2.75) is 97.1 Å². The molecule has 2 amide bonds. The topological polar surface area (TPSA) is 76.2 Å². The summed E-state index contributed by atoms with van der Waals surface area (Å²) >= 11 is 0. The summed E-state index contributed by atoms with van der Waals surface area (Å²) in [6.45, 7) is 9.10. The molecule has 0 bridgehead atoms. The van der Waals surface area contributed by atoms with Gasteiger partial charge in [-0.1, -0.05) is 71.3 Å². The maximum absolute atomic E-state index is 12.5. The molecule has 0 aromatic heterocycles. The summed E-state index contributed by atoms with van der Waals surface area (Å²) in [5, 5.41) is 0. The number of rotatable bonds is 16. The molecule has 0 rings (SSSR count). The SMILES string of the molecule is C=COC(=O)N(C)C(C)C(=O)N(C)C(C)C(=O)OCCCCCCCCCCCC. The van der Waals surface area contributed by atoms with Crippen LogP contribution in [0.1, 0.15) is 85.0 Å². The van der Waals surface area contributed by atoms with Gasteiger partial charge in [-0.15, -0.1) is 0 Å². The van der Waals surface area contributed by atoms with E-state index in [1.807, 2.05) is 0 Å². The summed E-state index contributed by atoms with van der Waals surface area (Å²) < 4.78 is 10.00. The Labute approximate surface area is 182 Å². The lowest BCUT2D eigenvalue weighted by atomic mass is 10.1. The van der Waals surface area contributed by atoms with Gasteiger partial charge in [-0.05, 0) is 20.3 Å². The Balaban J connectivity index is 4.07. The van der Waals surface area contributed by atoms with E-state index in [-0.39, 0.29) is 5.91 Å². The second-order valence-corrected chi connectivity index (χ2v) is 7.81. The summed E-state index contributed by atoms with van der Waals surface area (Å²) in [5.41, 5.74) is 0. The van der Waals surface area contributed by atoms with E-state index in [0.717, 1.165) is 30.4 Å². The minimum Gasteiger partial charge on any atom is -0.464 e. The second kappa shape index (κ2) is 16.7. The maximum Gasteiger partial charge on any atom is 0.415 e. The highest BCUT2D eigenvalue weighted by molar-refractivity contribution is 5.89. The molecule has 2 unspecified atom stereocenters. The third kappa shape index (κ3) is 11.2. The molecule has 0 radical (unpaired) electrons. The van der Waals surface area contributed by atoms with Crippen LogP contribution < -0.4 is 0 Å². The van der Waals surface area contributed by atoms with Gasteiger partial charge in [0.05, 0.1) is 12.9 Å². The van der Waals surface area contributed by atoms with Gasteiger partial charge in [0.1, 0.15) is 12.1 Å². The number of esters is 1. The number of ether oxygens (including phenoxy) is 2. The predicted octanol–water partition coefficient (Wildman–Crippen LogP) is 4.90. The molecule has 0 saturated heterocycles. The Morgan fingerprint density at radius 1 is 0.833 bits per heavy atom. The number of carbonyl (C=O) groups excluding carboxylic acids is 3. The number of hydrogen-bond acceptors (Lipinski definition) is 5. The van der Waals surface area contributed by atoms with Crippen LogP contribution in [0.5, 0.6) is 0 Å². The van der Waals surface area contributed by atoms with Crippen LogP contribution in [0.4, 0.5) is 4.79 Å². The van der Waals surface area contributed by atoms with E-state index in [1.54, 1.807) is 13.8 Å². The van der Waals surface area contributed by atoms with E-state index < -0.39 is 24.1 Å². The Bertz CT molecular complexity index is 524. The van der Waals surface area contributed by atoms with Crippen LogP contribution in [0.2, 0.25) is 0 Å². The molecule has 2 atom stereocenters. The Morgan fingerprint density at radius 3 is 1.83 bits per heavy atom. The van der Waals surface area contributed by atoms with Crippen molar-refractivity contribution in [3.63, 3.8) is 0 Å². The quantitative estimate of drug-likeness (QED) is 0.199. The molecule has 0 aromatic rings. The Kier molecular flexibility index (Phi) is 15.6. The molecule has 0 saturated carbocycles. The molecule has 30 heavy (non-hydrogen) atoms. The number of unbranched alkanes of at least 4 members (excludes halogenated alkanes) is 9. The number of hydrogen-bond donors (Lipinski definition) is 0. The molecule has 0 aromatic carbocycles. The Morgan fingerprint density at radius 2 is 1.33 bits per heavy atom. The molecular formula is C23H42N2O5. The summed E-state index contributed by atoms with van der Waals surface area (Å²) in [7, 11) is 2.98. The molecule has 0 aliphatic heterocycles. The van der Waals surface area contributed by atoms with Gasteiger partial charge in [-0.2, -0.15) is 0 Å². The standard InChI is InChI=1S/C23H42N2O5/c1-7-9-10-11-12-13-14-15-16-17-18-30-22(27)20(4)24(5)21(26)19(3)25(6)23(28)29-8-2/h8,19-20H,2,7,9-18H2,1,3-6H3. The summed E-state index contributed by atoms with van der Waals surface area (Å²) in [6.07, 6.45) is 12.5. The molecule has 0 fully saturated rings. The third-order valence-corrected chi connectivity index (χ3v) is 5.42. The van der Waals surface area contributed by atoms with Crippen LogP contribution in [-0.4, -0.2) is 60.6 Å². The van der Waals surface area contributed by atoms with Crippen molar-refractivity contribution < 1.29 is 23.9 Å². The highest BCUT2D eigenvalue weighted by Crippen LogP contribution is 2.11. The van der Waals surface area contributed by atoms with E-state index in [2.05, 4.69) is 18.2 Å². The first-order valence-electron chi connectivity index (χ1n) is 11.3. The second-order valence-electron chi connectivity index (χ2n) is 7.81. The molecule has 0 aliphatic rings. The zero-order chi connectivity index (χ0) is 22.9. The molecule has 174 valence electrons. The minimum absolute atomic E-state index is 0.364. The first-order chi connectivity index (χ1) is 14.3. The molecule has 0 spiro atoms. The van der Waals surface area contributed by atoms with Crippen LogP contribution in [0.25, 0.3) is 0 Å². The van der Waals surface area contributed by atoms with Gasteiger partial charge in [0.2, 0.25) is 5.91 Å². The van der Waals surface area contributed by atoms with E-state index in [0.29, 0.717) is 6.61 Å². The number of nitrogens with zero attached hydrogens (tertiary/aromatic N) is 2. The molecule has 7 nitrogen and oxygen atoms in total. The lowest BCUT2D eigenvalue weighted by Gasteiger charge is -2.30. The highest BCUT2D eigenvalue weighted by Gasteiger charge is 2.31. The van der Waals surface area contributed by atoms with Crippen molar-refractivity contribution >= 4 is 18.0 Å². The van der Waals surface area contributed by atoms with Crippen LogP contribution in [0, 0.1) is 0 Å². The molecule has 7 heteroatoms. The first kappa shape index (κ1) is 27.9. The van der Waals surface area contributed by atoms with E-state index in [4.69, 9.17) is 4.74 Å². The number of amides is 2. The van der Waals surface area contributed by atoms with Crippen molar-refractivity contribution in [1.82, 2.24) is 9.80 Å². The lowest BCUT2D eigenvalue weighted by Crippen LogP contribution is -2.51. The zero-order valence-corrected chi connectivity index (χ0v) is 19.7. The van der Waals surface area contributed by atoms with Gasteiger partial charge in [0.25, 0.3) is 0 Å². The van der Waals surface area contributed by atoms with Gasteiger partial charge in [0.15, 0.2) is 0 Å². The van der Waals surface area contributed by atoms with Crippen molar-refractivity contribution in [3.8, 4) is 0 Å². The van der Waals surface area contributed by atoms with Crippen LogP contribution in [0.3, 0.4) is 0 Å². The average Bonchev–Trinajstić information content (AvgIpc) is 2.74. The summed E-state index contributed by atoms with van der Waals surface area (Å²) in [6, 6.07) is -1.51. The first-order valence-corrected chi connectivity index (χ1v) is 11.3. The van der Waals surface area contributed by atoms with Crippen LogP contribution >= 0.6 is 0 Å². The normalized spacial score (nSPS) is 12.6. The lowest BCUT2D eigenvalue weighted by molar-refractivity contribution is -0.154. The molecular weight excluding hydrogens is 384 g/mol. The van der Waals surface area contributed by atoms with Crippen molar-refractivity contribution in [1.29, 1.82) is 0 Å². The largest absolute Gasteiger partial charge is 0.464 e. The smallest absolute Gasteiger partial charge is 0.415 e. The van der Waals surface area contributed by atoms with Gasteiger partial charge in [0, 0.05) is 14.1 Å². The monoisotopic (exact) mass is 426 g/mol. The fourth-order valence-corrected chi connectivity index (χ4v) is 3.00. The molecule has 0 N–H and O–H groups in total. The predicted molar refractivity (Wildman–Crippen MR) is 119 cm³/mol. The van der Waals surface area contributed by atoms with Crippen molar-refractivity contribution in [2.75, 3.05) is 20.7 Å². The van der Waals surface area contributed by atoms with Crippen molar-refractivity contribution in [2.24, 2.45) is 0 Å². The van der Waals surface area contributed by atoms with E-state index >= 15 is 0 Å². The van der Waals surface area contributed by atoms with Gasteiger partial charge < -0.3 is 14.4 Å². The summed E-state index contributed by atoms with van der Waals surface area (Å²) in [5.74, 6) is -0.813. The van der Waals surface area contributed by atoms with Gasteiger partial charge in [-0.3, -0.25) is 9.69 Å². The summed E-state index contributed by atoms with van der Waals surface area (Å²) in [4.78, 5) is 38.9. The minimum atomic E-state index is -0.778. The molecule has 0 heterocycles. The van der Waals surface area contributed by atoms with Crippen molar-refractivity contribution in [3.05, 3.63) is 12.8 Å². The van der Waals surface area contributed by atoms with E-state index in [1.165, 1.54) is 63.9 Å². The van der Waals surface area contributed by atoms with Crippen LogP contribution in [0.15, 0.2) is 12.8 Å². The van der Waals surface area contributed by atoms with E-state index in [9.17, 15) is 14.4 Å². The fraction of sp³-hybridized carbons (Fsp3) is 0.783. The van der Waals surface area contributed by atoms with Crippen LogP contribution in [-0.2, 0) is 19.1 Å². The molecule has 0 aliphatic carbocycles. The Hall–Kier alpha value is -2.05.